The topological polar surface area (TPSA) is 63.1 Å². The molecule has 6 nitrogen and oxygen atoms in total. The van der Waals surface area contributed by atoms with Gasteiger partial charge in [0.05, 0.1) is 31.6 Å². The van der Waals surface area contributed by atoms with Crippen LogP contribution in [0.3, 0.4) is 0 Å². The van der Waals surface area contributed by atoms with Gasteiger partial charge in [-0.15, -0.1) is 0 Å². The summed E-state index contributed by atoms with van der Waals surface area (Å²) in [4.78, 5) is 22.8. The Kier molecular flexibility index (Phi) is 4.62. The van der Waals surface area contributed by atoms with E-state index in [0.717, 1.165) is 59.7 Å². The van der Waals surface area contributed by atoms with Crippen molar-refractivity contribution in [2.45, 2.75) is 6.54 Å². The molecule has 0 unspecified atom stereocenters. The molecular weight excluding hydrogens is 364 g/mol. The van der Waals surface area contributed by atoms with Crippen molar-refractivity contribution in [3.8, 4) is 11.1 Å². The Morgan fingerprint density at radius 1 is 1.07 bits per heavy atom. The minimum atomic E-state index is -0.0157. The largest absolute Gasteiger partial charge is 0.378 e. The van der Waals surface area contributed by atoms with Gasteiger partial charge in [0.2, 0.25) is 0 Å². The van der Waals surface area contributed by atoms with E-state index in [2.05, 4.69) is 20.9 Å². The Morgan fingerprint density at radius 3 is 2.69 bits per heavy atom. The third kappa shape index (κ3) is 3.54. The number of aromatic nitrogens is 3. The molecule has 1 aliphatic heterocycles. The number of ether oxygens (including phenoxy) is 1. The average Bonchev–Trinajstić information content (AvgIpc) is 3.20. The zero-order chi connectivity index (χ0) is 19.6. The van der Waals surface area contributed by atoms with E-state index in [1.807, 2.05) is 55.0 Å². The number of pyridine rings is 2. The number of fused-ring (bicyclic) bond motifs is 1. The molecule has 0 spiro atoms. The fraction of sp³-hybridized carbons (Fsp3) is 0.217. The lowest BCUT2D eigenvalue weighted by atomic mass is 10.1. The molecule has 3 aromatic heterocycles. The summed E-state index contributed by atoms with van der Waals surface area (Å²) in [7, 11) is 0. The molecule has 0 bridgehead atoms. The van der Waals surface area contributed by atoms with Gasteiger partial charge in [0.25, 0.3) is 5.56 Å². The van der Waals surface area contributed by atoms with Crippen LogP contribution in [0.2, 0.25) is 0 Å². The Balaban J connectivity index is 1.48. The van der Waals surface area contributed by atoms with E-state index >= 15 is 0 Å². The normalized spacial score (nSPS) is 14.4. The van der Waals surface area contributed by atoms with E-state index in [-0.39, 0.29) is 5.56 Å². The number of rotatable bonds is 4. The second-order valence-electron chi connectivity index (χ2n) is 7.26. The maximum absolute atomic E-state index is 12.7. The predicted molar refractivity (Wildman–Crippen MR) is 114 cm³/mol. The smallest absolute Gasteiger partial charge is 0.251 e. The first kappa shape index (κ1) is 17.7. The molecule has 1 fully saturated rings. The third-order valence-electron chi connectivity index (χ3n) is 5.40. The van der Waals surface area contributed by atoms with Gasteiger partial charge in [0, 0.05) is 42.5 Å². The minimum Gasteiger partial charge on any atom is -0.378 e. The summed E-state index contributed by atoms with van der Waals surface area (Å²) in [6.45, 7) is 3.76. The van der Waals surface area contributed by atoms with E-state index in [9.17, 15) is 4.79 Å². The van der Waals surface area contributed by atoms with Crippen LogP contribution in [-0.2, 0) is 11.3 Å². The number of nitrogens with one attached hydrogen (secondary N) is 1. The molecule has 4 aromatic rings. The molecule has 0 amide bonds. The van der Waals surface area contributed by atoms with Crippen LogP contribution in [0.1, 0.15) is 5.56 Å². The highest BCUT2D eigenvalue weighted by Gasteiger charge is 2.15. The zero-order valence-electron chi connectivity index (χ0n) is 16.0. The first-order valence-corrected chi connectivity index (χ1v) is 9.82. The highest BCUT2D eigenvalue weighted by atomic mass is 16.5. The van der Waals surface area contributed by atoms with Crippen molar-refractivity contribution >= 4 is 16.7 Å². The van der Waals surface area contributed by atoms with Gasteiger partial charge in [0.15, 0.2) is 0 Å². The number of hydrogen-bond acceptors (Lipinski definition) is 4. The summed E-state index contributed by atoms with van der Waals surface area (Å²) >= 11 is 0. The maximum atomic E-state index is 12.7. The standard InChI is InChI=1S/C23H22N4O2/c28-22-12-18(6-7-27(22)16-17-4-2-1-3-5-17)21-15-25-23-20(21)13-19(14-24-23)26-8-10-29-11-9-26/h1-7,12-15H,8-11,16H2,(H,24,25). The first-order chi connectivity index (χ1) is 14.3. The van der Waals surface area contributed by atoms with Crippen LogP contribution in [-0.4, -0.2) is 40.8 Å². The SMILES string of the molecule is O=c1cc(-c2c[nH]c3ncc(N4CCOCC4)cc23)ccn1Cc1ccccc1. The Labute approximate surface area is 168 Å². The number of hydrogen-bond donors (Lipinski definition) is 1. The van der Waals surface area contributed by atoms with Gasteiger partial charge >= 0.3 is 0 Å². The Hall–Kier alpha value is -3.38. The Morgan fingerprint density at radius 2 is 1.90 bits per heavy atom. The van der Waals surface area contributed by atoms with Crippen LogP contribution >= 0.6 is 0 Å². The number of anilines is 1. The van der Waals surface area contributed by atoms with E-state index in [1.165, 1.54) is 0 Å². The van der Waals surface area contributed by atoms with Gasteiger partial charge in [-0.2, -0.15) is 0 Å². The van der Waals surface area contributed by atoms with E-state index < -0.39 is 0 Å². The molecule has 146 valence electrons. The summed E-state index contributed by atoms with van der Waals surface area (Å²) in [5, 5.41) is 1.02. The van der Waals surface area contributed by atoms with Crippen LogP contribution in [0.25, 0.3) is 22.2 Å². The van der Waals surface area contributed by atoms with Crippen LogP contribution in [0.5, 0.6) is 0 Å². The van der Waals surface area contributed by atoms with Gasteiger partial charge in [-0.1, -0.05) is 30.3 Å². The van der Waals surface area contributed by atoms with Gasteiger partial charge < -0.3 is 19.2 Å². The van der Waals surface area contributed by atoms with Crippen molar-refractivity contribution in [2.75, 3.05) is 31.2 Å². The van der Waals surface area contributed by atoms with Gasteiger partial charge in [-0.05, 0) is 23.3 Å². The summed E-state index contributed by atoms with van der Waals surface area (Å²) in [6.07, 6.45) is 5.69. The van der Waals surface area contributed by atoms with Crippen LogP contribution < -0.4 is 10.5 Å². The fourth-order valence-electron chi connectivity index (χ4n) is 3.81. The fourth-order valence-corrected chi connectivity index (χ4v) is 3.81. The zero-order valence-corrected chi connectivity index (χ0v) is 16.0. The quantitative estimate of drug-likeness (QED) is 0.585. The summed E-state index contributed by atoms with van der Waals surface area (Å²) < 4.78 is 7.18. The Bertz CT molecular complexity index is 1190. The molecule has 0 radical (unpaired) electrons. The number of morpholine rings is 1. The third-order valence-corrected chi connectivity index (χ3v) is 5.40. The van der Waals surface area contributed by atoms with Crippen molar-refractivity contribution in [2.24, 2.45) is 0 Å². The van der Waals surface area contributed by atoms with Gasteiger partial charge in [-0.3, -0.25) is 4.79 Å². The molecule has 1 aliphatic rings. The predicted octanol–water partition coefficient (Wildman–Crippen LogP) is 3.28. The summed E-state index contributed by atoms with van der Waals surface area (Å²) in [6, 6.07) is 15.8. The van der Waals surface area contributed by atoms with Crippen LogP contribution in [0.4, 0.5) is 5.69 Å². The number of aromatic amines is 1. The number of H-pyrrole nitrogens is 1. The molecule has 1 saturated heterocycles. The maximum Gasteiger partial charge on any atom is 0.251 e. The number of benzene rings is 1. The second-order valence-corrected chi connectivity index (χ2v) is 7.26. The molecule has 0 atom stereocenters. The van der Waals surface area contributed by atoms with Crippen molar-refractivity contribution in [1.29, 1.82) is 0 Å². The van der Waals surface area contributed by atoms with Crippen molar-refractivity contribution in [1.82, 2.24) is 14.5 Å². The van der Waals surface area contributed by atoms with Crippen molar-refractivity contribution in [3.63, 3.8) is 0 Å². The molecule has 0 saturated carbocycles. The lowest BCUT2D eigenvalue weighted by Crippen LogP contribution is -2.36. The van der Waals surface area contributed by atoms with E-state index in [1.54, 1.807) is 10.6 Å². The molecule has 29 heavy (non-hydrogen) atoms. The molecular formula is C23H22N4O2. The lowest BCUT2D eigenvalue weighted by molar-refractivity contribution is 0.122. The molecule has 0 aliphatic carbocycles. The van der Waals surface area contributed by atoms with Gasteiger partial charge in [-0.25, -0.2) is 4.98 Å². The van der Waals surface area contributed by atoms with Crippen molar-refractivity contribution in [3.05, 3.63) is 83.0 Å². The highest BCUT2D eigenvalue weighted by molar-refractivity contribution is 5.95. The van der Waals surface area contributed by atoms with Crippen LogP contribution in [0, 0.1) is 0 Å². The van der Waals surface area contributed by atoms with E-state index in [0.29, 0.717) is 6.54 Å². The molecule has 6 heteroatoms. The monoisotopic (exact) mass is 386 g/mol. The summed E-state index contributed by atoms with van der Waals surface area (Å²) in [5.74, 6) is 0. The molecule has 1 N–H and O–H groups in total. The molecule has 5 rings (SSSR count). The highest BCUT2D eigenvalue weighted by Crippen LogP contribution is 2.30. The van der Waals surface area contributed by atoms with Crippen LogP contribution in [0.15, 0.2) is 71.9 Å². The van der Waals surface area contributed by atoms with Crippen molar-refractivity contribution < 1.29 is 4.74 Å². The lowest BCUT2D eigenvalue weighted by Gasteiger charge is -2.28. The van der Waals surface area contributed by atoms with Gasteiger partial charge in [0.1, 0.15) is 5.65 Å². The summed E-state index contributed by atoms with van der Waals surface area (Å²) in [5.41, 5.74) is 4.88. The molecule has 1 aromatic carbocycles. The first-order valence-electron chi connectivity index (χ1n) is 9.82. The minimum absolute atomic E-state index is 0.0157. The number of nitrogens with zero attached hydrogens (tertiary/aromatic N) is 3. The van der Waals surface area contributed by atoms with E-state index in [4.69, 9.17) is 4.74 Å². The molecule has 4 heterocycles. The average molecular weight is 386 g/mol. The second kappa shape index (κ2) is 7.56.